The maximum atomic E-state index is 11.7. The lowest BCUT2D eigenvalue weighted by atomic mass is 9.81. The molecular formula is C13H18O3S. The van der Waals surface area contributed by atoms with Crippen molar-refractivity contribution in [1.29, 1.82) is 0 Å². The molecule has 0 aliphatic heterocycles. The van der Waals surface area contributed by atoms with Gasteiger partial charge in [0, 0.05) is 5.41 Å². The average Bonchev–Trinajstić information content (AvgIpc) is 2.79. The summed E-state index contributed by atoms with van der Waals surface area (Å²) in [6, 6.07) is 9.94. The Kier molecular flexibility index (Phi) is 3.54. The summed E-state index contributed by atoms with van der Waals surface area (Å²) in [7, 11) is -2.17. The van der Waals surface area contributed by atoms with Gasteiger partial charge in [-0.25, -0.2) is 0 Å². The Balaban J connectivity index is 2.34. The van der Waals surface area contributed by atoms with Crippen LogP contribution in [0.2, 0.25) is 0 Å². The van der Waals surface area contributed by atoms with Crippen molar-refractivity contribution in [2.24, 2.45) is 0 Å². The van der Waals surface area contributed by atoms with Crippen molar-refractivity contribution >= 4 is 10.1 Å². The molecule has 3 nitrogen and oxygen atoms in total. The summed E-state index contributed by atoms with van der Waals surface area (Å²) in [4.78, 5) is 0. The fraction of sp³-hybridized carbons (Fsp3) is 0.538. The van der Waals surface area contributed by atoms with Crippen LogP contribution in [0.3, 0.4) is 0 Å². The Morgan fingerprint density at radius 1 is 1.18 bits per heavy atom. The molecule has 0 N–H and O–H groups in total. The standard InChI is InChI=1S/C13H18O3S/c1-16-17(14,15)11-13(9-5-6-10-13)12-7-3-2-4-8-12/h2-4,7-8H,5-6,9-11H2,1H3. The van der Waals surface area contributed by atoms with Gasteiger partial charge in [0.1, 0.15) is 0 Å². The normalized spacial score (nSPS) is 19.4. The SMILES string of the molecule is COS(=O)(=O)CC1(c2ccccc2)CCCC1. The van der Waals surface area contributed by atoms with Crippen LogP contribution in [0.1, 0.15) is 31.2 Å². The van der Waals surface area contributed by atoms with E-state index in [0.717, 1.165) is 31.2 Å². The van der Waals surface area contributed by atoms with Gasteiger partial charge in [0.05, 0.1) is 12.9 Å². The molecule has 1 saturated carbocycles. The first-order valence-corrected chi connectivity index (χ1v) is 7.50. The van der Waals surface area contributed by atoms with Crippen LogP contribution in [-0.2, 0) is 19.7 Å². The van der Waals surface area contributed by atoms with E-state index in [2.05, 4.69) is 4.18 Å². The first-order chi connectivity index (χ1) is 8.08. The number of hydrogen-bond acceptors (Lipinski definition) is 3. The Morgan fingerprint density at radius 3 is 2.29 bits per heavy atom. The molecule has 1 fully saturated rings. The highest BCUT2D eigenvalue weighted by molar-refractivity contribution is 7.86. The van der Waals surface area contributed by atoms with E-state index in [1.807, 2.05) is 30.3 Å². The second-order valence-electron chi connectivity index (χ2n) is 4.72. The number of rotatable bonds is 4. The highest BCUT2D eigenvalue weighted by Gasteiger charge is 2.39. The fourth-order valence-electron chi connectivity index (χ4n) is 2.76. The average molecular weight is 254 g/mol. The highest BCUT2D eigenvalue weighted by atomic mass is 32.2. The van der Waals surface area contributed by atoms with Crippen LogP contribution in [0.15, 0.2) is 30.3 Å². The van der Waals surface area contributed by atoms with Crippen molar-refractivity contribution in [3.05, 3.63) is 35.9 Å². The third-order valence-corrected chi connectivity index (χ3v) is 5.07. The van der Waals surface area contributed by atoms with Crippen LogP contribution in [0.25, 0.3) is 0 Å². The van der Waals surface area contributed by atoms with Gasteiger partial charge in [0.2, 0.25) is 0 Å². The minimum atomic E-state index is -3.41. The van der Waals surface area contributed by atoms with Crippen LogP contribution in [0.4, 0.5) is 0 Å². The van der Waals surface area contributed by atoms with Crippen LogP contribution < -0.4 is 0 Å². The minimum absolute atomic E-state index is 0.0977. The molecule has 94 valence electrons. The predicted octanol–water partition coefficient (Wildman–Crippen LogP) is 2.47. The molecule has 1 aromatic rings. The van der Waals surface area contributed by atoms with E-state index < -0.39 is 10.1 Å². The van der Waals surface area contributed by atoms with Gasteiger partial charge in [-0.2, -0.15) is 8.42 Å². The molecule has 4 heteroatoms. The molecule has 0 saturated heterocycles. The second kappa shape index (κ2) is 4.78. The molecule has 1 aliphatic carbocycles. The first kappa shape index (κ1) is 12.6. The molecular weight excluding hydrogens is 236 g/mol. The zero-order chi connectivity index (χ0) is 12.4. The molecule has 0 spiro atoms. The van der Waals surface area contributed by atoms with E-state index in [0.29, 0.717) is 0 Å². The van der Waals surface area contributed by atoms with Gasteiger partial charge in [-0.3, -0.25) is 4.18 Å². The van der Waals surface area contributed by atoms with Crippen molar-refractivity contribution < 1.29 is 12.6 Å². The van der Waals surface area contributed by atoms with E-state index in [1.165, 1.54) is 7.11 Å². The minimum Gasteiger partial charge on any atom is -0.273 e. The lowest BCUT2D eigenvalue weighted by molar-refractivity contribution is 0.378. The summed E-state index contributed by atoms with van der Waals surface area (Å²) in [6.07, 6.45) is 4.04. The van der Waals surface area contributed by atoms with Gasteiger partial charge in [0.15, 0.2) is 0 Å². The van der Waals surface area contributed by atoms with Gasteiger partial charge in [-0.15, -0.1) is 0 Å². The smallest absolute Gasteiger partial charge is 0.267 e. The maximum Gasteiger partial charge on any atom is 0.267 e. The number of hydrogen-bond donors (Lipinski definition) is 0. The summed E-state index contributed by atoms with van der Waals surface area (Å²) < 4.78 is 28.0. The van der Waals surface area contributed by atoms with Crippen molar-refractivity contribution in [1.82, 2.24) is 0 Å². The predicted molar refractivity (Wildman–Crippen MR) is 67.4 cm³/mol. The molecule has 0 aromatic heterocycles. The van der Waals surface area contributed by atoms with Crippen molar-refractivity contribution in [3.63, 3.8) is 0 Å². The topological polar surface area (TPSA) is 43.4 Å². The zero-order valence-electron chi connectivity index (χ0n) is 10.1. The van der Waals surface area contributed by atoms with E-state index in [1.54, 1.807) is 0 Å². The molecule has 1 aromatic carbocycles. The molecule has 0 unspecified atom stereocenters. The highest BCUT2D eigenvalue weighted by Crippen LogP contribution is 2.42. The maximum absolute atomic E-state index is 11.7. The third kappa shape index (κ3) is 2.69. The van der Waals surface area contributed by atoms with Gasteiger partial charge in [-0.05, 0) is 18.4 Å². The fourth-order valence-corrected chi connectivity index (χ4v) is 4.01. The van der Waals surface area contributed by atoms with E-state index in [9.17, 15) is 8.42 Å². The van der Waals surface area contributed by atoms with Gasteiger partial charge in [-0.1, -0.05) is 43.2 Å². The van der Waals surface area contributed by atoms with Crippen LogP contribution in [-0.4, -0.2) is 21.3 Å². The molecule has 0 radical (unpaired) electrons. The molecule has 2 rings (SSSR count). The zero-order valence-corrected chi connectivity index (χ0v) is 10.9. The van der Waals surface area contributed by atoms with Crippen molar-refractivity contribution in [2.45, 2.75) is 31.1 Å². The Labute approximate surface area is 103 Å². The lowest BCUT2D eigenvalue weighted by Crippen LogP contribution is -2.32. The van der Waals surface area contributed by atoms with Crippen LogP contribution >= 0.6 is 0 Å². The molecule has 0 atom stereocenters. The Bertz CT molecular complexity index is 459. The van der Waals surface area contributed by atoms with Crippen molar-refractivity contribution in [2.75, 3.05) is 12.9 Å². The molecule has 0 heterocycles. The number of benzene rings is 1. The summed E-state index contributed by atoms with van der Waals surface area (Å²) in [5.74, 6) is 0.0977. The van der Waals surface area contributed by atoms with Gasteiger partial charge < -0.3 is 0 Å². The quantitative estimate of drug-likeness (QED) is 0.775. The molecule has 1 aliphatic rings. The summed E-state index contributed by atoms with van der Waals surface area (Å²) in [5.41, 5.74) is 0.883. The molecule has 17 heavy (non-hydrogen) atoms. The Hall–Kier alpha value is -0.870. The van der Waals surface area contributed by atoms with Gasteiger partial charge in [0.25, 0.3) is 10.1 Å². The first-order valence-electron chi connectivity index (χ1n) is 5.92. The van der Waals surface area contributed by atoms with Gasteiger partial charge >= 0.3 is 0 Å². The second-order valence-corrected chi connectivity index (χ2v) is 6.46. The molecule has 0 bridgehead atoms. The largest absolute Gasteiger partial charge is 0.273 e. The molecule has 0 amide bonds. The monoisotopic (exact) mass is 254 g/mol. The summed E-state index contributed by atoms with van der Waals surface area (Å²) >= 11 is 0. The summed E-state index contributed by atoms with van der Waals surface area (Å²) in [5, 5.41) is 0. The van der Waals surface area contributed by atoms with Crippen molar-refractivity contribution in [3.8, 4) is 0 Å². The summed E-state index contributed by atoms with van der Waals surface area (Å²) in [6.45, 7) is 0. The van der Waals surface area contributed by atoms with E-state index >= 15 is 0 Å². The van der Waals surface area contributed by atoms with Crippen LogP contribution in [0, 0.1) is 0 Å². The third-order valence-electron chi connectivity index (χ3n) is 3.65. The van der Waals surface area contributed by atoms with E-state index in [4.69, 9.17) is 0 Å². The Morgan fingerprint density at radius 2 is 1.76 bits per heavy atom. The van der Waals surface area contributed by atoms with E-state index in [-0.39, 0.29) is 11.2 Å². The van der Waals surface area contributed by atoms with Crippen LogP contribution in [0.5, 0.6) is 0 Å². The lowest BCUT2D eigenvalue weighted by Gasteiger charge is -2.28.